The van der Waals surface area contributed by atoms with E-state index in [1.807, 2.05) is 26.0 Å². The van der Waals surface area contributed by atoms with Crippen LogP contribution in [0.25, 0.3) is 0 Å². The summed E-state index contributed by atoms with van der Waals surface area (Å²) in [7, 11) is 0. The first-order valence-electron chi connectivity index (χ1n) is 7.49. The van der Waals surface area contributed by atoms with E-state index in [4.69, 9.17) is 0 Å². The van der Waals surface area contributed by atoms with Crippen molar-refractivity contribution < 1.29 is 9.72 Å². The van der Waals surface area contributed by atoms with E-state index in [2.05, 4.69) is 20.9 Å². The van der Waals surface area contributed by atoms with Gasteiger partial charge in [0.1, 0.15) is 12.4 Å². The number of nitro groups is 1. The van der Waals surface area contributed by atoms with E-state index in [0.29, 0.717) is 0 Å². The number of carbonyl (C=O) groups is 1. The summed E-state index contributed by atoms with van der Waals surface area (Å²) < 4.78 is 0. The standard InChI is InChI=1S/C16H15N5O3/c1-16(2)9-5-11-12(6-10(9)20-15(16)22)19-14(18-11)8-3-4-13(17-7-8)21(23)24/h3-7,14,18-19H,1-2H3,(H,20,22). The molecular formula is C16H15N5O3. The van der Waals surface area contributed by atoms with Gasteiger partial charge in [-0.1, -0.05) is 0 Å². The van der Waals surface area contributed by atoms with Crippen molar-refractivity contribution in [3.63, 3.8) is 0 Å². The van der Waals surface area contributed by atoms with Crippen molar-refractivity contribution in [1.82, 2.24) is 4.98 Å². The summed E-state index contributed by atoms with van der Waals surface area (Å²) >= 11 is 0. The third-order valence-electron chi connectivity index (χ3n) is 4.54. The van der Waals surface area contributed by atoms with Gasteiger partial charge in [0.15, 0.2) is 0 Å². The predicted octanol–water partition coefficient (Wildman–Crippen LogP) is 2.76. The topological polar surface area (TPSA) is 109 Å². The summed E-state index contributed by atoms with van der Waals surface area (Å²) in [5.74, 6) is -0.199. The van der Waals surface area contributed by atoms with E-state index in [1.165, 1.54) is 12.3 Å². The lowest BCUT2D eigenvalue weighted by atomic mass is 9.86. The average Bonchev–Trinajstić information content (AvgIpc) is 3.05. The summed E-state index contributed by atoms with van der Waals surface area (Å²) in [6.45, 7) is 3.78. The molecular weight excluding hydrogens is 310 g/mol. The van der Waals surface area contributed by atoms with Gasteiger partial charge >= 0.3 is 5.82 Å². The van der Waals surface area contributed by atoms with Crippen molar-refractivity contribution in [2.75, 3.05) is 16.0 Å². The van der Waals surface area contributed by atoms with Crippen molar-refractivity contribution in [2.24, 2.45) is 0 Å². The van der Waals surface area contributed by atoms with Crippen LogP contribution in [0.4, 0.5) is 22.9 Å². The zero-order valence-corrected chi connectivity index (χ0v) is 13.1. The number of aromatic nitrogens is 1. The van der Waals surface area contributed by atoms with Crippen LogP contribution in [0, 0.1) is 10.1 Å². The number of nitrogens with zero attached hydrogens (tertiary/aromatic N) is 2. The lowest BCUT2D eigenvalue weighted by Crippen LogP contribution is -2.26. The number of benzene rings is 1. The fourth-order valence-electron chi connectivity index (χ4n) is 3.05. The average molecular weight is 325 g/mol. The SMILES string of the molecule is CC1(C)C(=O)Nc2cc3c(cc21)NC(c1ccc([N+](=O)[O-])nc1)N3. The minimum Gasteiger partial charge on any atom is -0.360 e. The maximum absolute atomic E-state index is 12.0. The Morgan fingerprint density at radius 2 is 1.88 bits per heavy atom. The molecule has 1 aromatic heterocycles. The van der Waals surface area contributed by atoms with Gasteiger partial charge in [0.25, 0.3) is 0 Å². The summed E-state index contributed by atoms with van der Waals surface area (Å²) in [4.78, 5) is 26.1. The van der Waals surface area contributed by atoms with Crippen LogP contribution in [0.2, 0.25) is 0 Å². The Bertz CT molecular complexity index is 876. The van der Waals surface area contributed by atoms with Gasteiger partial charge in [0.05, 0.1) is 16.8 Å². The van der Waals surface area contributed by atoms with Crippen LogP contribution < -0.4 is 16.0 Å². The van der Waals surface area contributed by atoms with Crippen molar-refractivity contribution in [3.8, 4) is 0 Å². The monoisotopic (exact) mass is 325 g/mol. The molecule has 1 amide bonds. The quantitative estimate of drug-likeness (QED) is 0.578. The number of anilines is 3. The smallest absolute Gasteiger partial charge is 0.360 e. The highest BCUT2D eigenvalue weighted by Crippen LogP contribution is 2.45. The summed E-state index contributed by atoms with van der Waals surface area (Å²) in [5.41, 5.74) is 3.74. The van der Waals surface area contributed by atoms with E-state index in [0.717, 1.165) is 28.2 Å². The number of hydrogen-bond donors (Lipinski definition) is 3. The van der Waals surface area contributed by atoms with Crippen LogP contribution in [-0.4, -0.2) is 15.8 Å². The Morgan fingerprint density at radius 3 is 2.50 bits per heavy atom. The molecule has 0 spiro atoms. The van der Waals surface area contributed by atoms with E-state index in [1.54, 1.807) is 6.07 Å². The van der Waals surface area contributed by atoms with E-state index >= 15 is 0 Å². The normalized spacial score (nSPS) is 19.8. The molecule has 0 fully saturated rings. The number of carbonyl (C=O) groups excluding carboxylic acids is 1. The molecule has 8 heteroatoms. The highest BCUT2D eigenvalue weighted by atomic mass is 16.6. The Labute approximate surface area is 137 Å². The molecule has 24 heavy (non-hydrogen) atoms. The Morgan fingerprint density at radius 1 is 1.17 bits per heavy atom. The molecule has 2 aromatic rings. The maximum Gasteiger partial charge on any atom is 0.363 e. The third-order valence-corrected chi connectivity index (χ3v) is 4.54. The fraction of sp³-hybridized carbons (Fsp3) is 0.250. The van der Waals surface area contributed by atoms with Gasteiger partial charge in [-0.15, -0.1) is 0 Å². The third kappa shape index (κ3) is 1.99. The van der Waals surface area contributed by atoms with Gasteiger partial charge in [-0.3, -0.25) is 4.79 Å². The minimum absolute atomic E-state index is 0.0164. The molecule has 3 heterocycles. The van der Waals surface area contributed by atoms with Gasteiger partial charge in [-0.2, -0.15) is 0 Å². The van der Waals surface area contributed by atoms with Crippen LogP contribution >= 0.6 is 0 Å². The Balaban J connectivity index is 1.64. The minimum atomic E-state index is -0.570. The number of fused-ring (bicyclic) bond motifs is 2. The first-order chi connectivity index (χ1) is 11.4. The molecule has 1 unspecified atom stereocenters. The number of amides is 1. The molecule has 2 aliphatic heterocycles. The second-order valence-electron chi connectivity index (χ2n) is 6.45. The van der Waals surface area contributed by atoms with Crippen molar-refractivity contribution in [2.45, 2.75) is 25.4 Å². The Kier molecular flexibility index (Phi) is 2.81. The molecule has 8 nitrogen and oxygen atoms in total. The van der Waals surface area contributed by atoms with Gasteiger partial charge in [-0.25, -0.2) is 0 Å². The molecule has 3 N–H and O–H groups in total. The molecule has 0 bridgehead atoms. The number of nitrogens with one attached hydrogen (secondary N) is 3. The zero-order chi connectivity index (χ0) is 17.1. The van der Waals surface area contributed by atoms with Gasteiger partial charge < -0.3 is 26.1 Å². The van der Waals surface area contributed by atoms with Crippen LogP contribution in [0.1, 0.15) is 31.1 Å². The van der Waals surface area contributed by atoms with Gasteiger partial charge in [0.2, 0.25) is 5.91 Å². The molecule has 1 aromatic carbocycles. The van der Waals surface area contributed by atoms with E-state index in [-0.39, 0.29) is 17.9 Å². The molecule has 0 saturated carbocycles. The predicted molar refractivity (Wildman–Crippen MR) is 89.0 cm³/mol. The van der Waals surface area contributed by atoms with E-state index in [9.17, 15) is 14.9 Å². The fourth-order valence-corrected chi connectivity index (χ4v) is 3.05. The van der Waals surface area contributed by atoms with Crippen molar-refractivity contribution in [3.05, 3.63) is 51.7 Å². The van der Waals surface area contributed by atoms with Crippen LogP contribution in [0.15, 0.2) is 30.5 Å². The van der Waals surface area contributed by atoms with Crippen molar-refractivity contribution >= 4 is 28.8 Å². The Hall–Kier alpha value is -3.16. The highest BCUT2D eigenvalue weighted by molar-refractivity contribution is 6.07. The lowest BCUT2D eigenvalue weighted by molar-refractivity contribution is -0.389. The van der Waals surface area contributed by atoms with Crippen LogP contribution in [0.3, 0.4) is 0 Å². The van der Waals surface area contributed by atoms with Crippen LogP contribution in [0.5, 0.6) is 0 Å². The highest BCUT2D eigenvalue weighted by Gasteiger charge is 2.40. The van der Waals surface area contributed by atoms with E-state index < -0.39 is 10.3 Å². The van der Waals surface area contributed by atoms with Gasteiger partial charge in [-0.05, 0) is 47.5 Å². The first-order valence-corrected chi connectivity index (χ1v) is 7.49. The largest absolute Gasteiger partial charge is 0.363 e. The summed E-state index contributed by atoms with van der Waals surface area (Å²) in [6.07, 6.45) is 1.25. The number of hydrogen-bond acceptors (Lipinski definition) is 6. The molecule has 0 radical (unpaired) electrons. The second-order valence-corrected chi connectivity index (χ2v) is 6.45. The molecule has 2 aliphatic rings. The second kappa shape index (κ2) is 4.67. The zero-order valence-electron chi connectivity index (χ0n) is 13.1. The molecule has 0 aliphatic carbocycles. The first kappa shape index (κ1) is 14.4. The molecule has 0 saturated heterocycles. The number of rotatable bonds is 2. The van der Waals surface area contributed by atoms with Gasteiger partial charge in [0, 0.05) is 17.3 Å². The molecule has 4 rings (SSSR count). The number of pyridine rings is 1. The van der Waals surface area contributed by atoms with Crippen LogP contribution in [-0.2, 0) is 10.2 Å². The maximum atomic E-state index is 12.0. The van der Waals surface area contributed by atoms with Crippen molar-refractivity contribution in [1.29, 1.82) is 0 Å². The molecule has 122 valence electrons. The summed E-state index contributed by atoms with van der Waals surface area (Å²) in [5, 5.41) is 20.2. The molecule has 1 atom stereocenters. The summed E-state index contributed by atoms with van der Waals surface area (Å²) in [6, 6.07) is 6.92. The lowest BCUT2D eigenvalue weighted by Gasteiger charge is -2.15.